The van der Waals surface area contributed by atoms with Crippen LogP contribution in [0.1, 0.15) is 47.3 Å². The highest BCUT2D eigenvalue weighted by Gasteiger charge is 2.19. The van der Waals surface area contributed by atoms with Crippen molar-refractivity contribution in [1.29, 1.82) is 0 Å². The zero-order valence-corrected chi connectivity index (χ0v) is 14.3. The second-order valence-electron chi connectivity index (χ2n) is 6.61. The van der Waals surface area contributed by atoms with Gasteiger partial charge < -0.3 is 14.6 Å². The van der Waals surface area contributed by atoms with Crippen molar-refractivity contribution in [3.63, 3.8) is 0 Å². The number of hydrogen-bond acceptors (Lipinski definition) is 2. The number of para-hydroxylation sites is 1. The molecule has 1 fully saturated rings. The Bertz CT molecular complexity index is 699. The van der Waals surface area contributed by atoms with Gasteiger partial charge in [-0.25, -0.2) is 0 Å². The normalized spacial score (nSPS) is 17.8. The van der Waals surface area contributed by atoms with Crippen LogP contribution in [0.25, 0.3) is 10.9 Å². The second kappa shape index (κ2) is 6.75. The number of aromatic nitrogens is 1. The molecule has 4 nitrogen and oxygen atoms in total. The number of H-pyrrole nitrogens is 1. The molecular formula is C19H26N2O2. The summed E-state index contributed by atoms with van der Waals surface area (Å²) in [4.78, 5) is 18.0. The molecule has 0 saturated carbocycles. The molecule has 1 amide bonds. The number of carbonyl (C=O) groups excluding carboxylic acids is 1. The molecule has 3 rings (SSSR count). The van der Waals surface area contributed by atoms with E-state index in [1.165, 1.54) is 12.0 Å². The number of nitrogens with zero attached hydrogens (tertiary/aromatic N) is 1. The smallest absolute Gasteiger partial charge is 0.255 e. The summed E-state index contributed by atoms with van der Waals surface area (Å²) in [5.74, 6) is 0.0872. The van der Waals surface area contributed by atoms with E-state index >= 15 is 0 Å². The molecule has 1 atom stereocenters. The quantitative estimate of drug-likeness (QED) is 0.912. The molecule has 0 bridgehead atoms. The number of amides is 1. The highest BCUT2D eigenvalue weighted by atomic mass is 16.5. The van der Waals surface area contributed by atoms with Crippen LogP contribution in [-0.4, -0.2) is 42.1 Å². The van der Waals surface area contributed by atoms with Crippen LogP contribution < -0.4 is 0 Å². The lowest BCUT2D eigenvalue weighted by molar-refractivity contribution is 0.0764. The van der Waals surface area contributed by atoms with Gasteiger partial charge in [0.15, 0.2) is 0 Å². The number of ether oxygens (including phenoxy) is 1. The van der Waals surface area contributed by atoms with Crippen LogP contribution in [0.4, 0.5) is 0 Å². The maximum Gasteiger partial charge on any atom is 0.255 e. The fraction of sp³-hybridized carbons (Fsp3) is 0.526. The Hall–Kier alpha value is -1.81. The van der Waals surface area contributed by atoms with E-state index < -0.39 is 0 Å². The van der Waals surface area contributed by atoms with Gasteiger partial charge in [-0.2, -0.15) is 0 Å². The molecule has 2 heterocycles. The van der Waals surface area contributed by atoms with Crippen molar-refractivity contribution in [2.75, 3.05) is 20.2 Å². The Kier molecular flexibility index (Phi) is 4.71. The van der Waals surface area contributed by atoms with Gasteiger partial charge in [0.1, 0.15) is 0 Å². The minimum absolute atomic E-state index is 0.0872. The molecule has 1 aromatic carbocycles. The molecule has 23 heavy (non-hydrogen) atoms. The van der Waals surface area contributed by atoms with Crippen LogP contribution in [-0.2, 0) is 4.74 Å². The van der Waals surface area contributed by atoms with Crippen molar-refractivity contribution < 1.29 is 9.53 Å². The number of fused-ring (bicyclic) bond motifs is 1. The van der Waals surface area contributed by atoms with E-state index in [2.05, 4.69) is 24.9 Å². The van der Waals surface area contributed by atoms with Crippen molar-refractivity contribution in [1.82, 2.24) is 9.88 Å². The summed E-state index contributed by atoms with van der Waals surface area (Å²) in [5.41, 5.74) is 4.06. The Balaban J connectivity index is 1.68. The second-order valence-corrected chi connectivity index (χ2v) is 6.61. The van der Waals surface area contributed by atoms with E-state index in [1.807, 2.05) is 24.1 Å². The van der Waals surface area contributed by atoms with Gasteiger partial charge in [0.2, 0.25) is 0 Å². The molecule has 1 aromatic heterocycles. The van der Waals surface area contributed by atoms with Gasteiger partial charge in [-0.3, -0.25) is 4.79 Å². The lowest BCUT2D eigenvalue weighted by Gasteiger charge is -2.18. The van der Waals surface area contributed by atoms with Crippen molar-refractivity contribution in [2.24, 2.45) is 0 Å². The summed E-state index contributed by atoms with van der Waals surface area (Å²) < 4.78 is 5.65. The number of benzene rings is 1. The molecule has 1 unspecified atom stereocenters. The first-order valence-corrected chi connectivity index (χ1v) is 8.53. The molecule has 1 aliphatic rings. The van der Waals surface area contributed by atoms with Crippen LogP contribution in [0.5, 0.6) is 0 Å². The largest absolute Gasteiger partial charge is 0.378 e. The van der Waals surface area contributed by atoms with E-state index in [1.54, 1.807) is 0 Å². The third-order valence-electron chi connectivity index (χ3n) is 4.96. The number of aryl methyl sites for hydroxylation is 2. The Morgan fingerprint density at radius 3 is 2.96 bits per heavy atom. The zero-order chi connectivity index (χ0) is 16.4. The molecular weight excluding hydrogens is 288 g/mol. The van der Waals surface area contributed by atoms with Gasteiger partial charge >= 0.3 is 0 Å². The van der Waals surface area contributed by atoms with Crippen molar-refractivity contribution in [2.45, 2.75) is 45.6 Å². The first-order chi connectivity index (χ1) is 11.1. The summed E-state index contributed by atoms with van der Waals surface area (Å²) in [6.45, 7) is 5.81. The number of nitrogens with one attached hydrogen (secondary N) is 1. The summed E-state index contributed by atoms with van der Waals surface area (Å²) in [6, 6.07) is 5.95. The summed E-state index contributed by atoms with van der Waals surface area (Å²) in [6.07, 6.45) is 4.77. The van der Waals surface area contributed by atoms with E-state index in [4.69, 9.17) is 4.74 Å². The van der Waals surface area contributed by atoms with Crippen molar-refractivity contribution >= 4 is 16.8 Å². The highest BCUT2D eigenvalue weighted by Crippen LogP contribution is 2.25. The topological polar surface area (TPSA) is 45.3 Å². The van der Waals surface area contributed by atoms with Gasteiger partial charge in [0, 0.05) is 31.3 Å². The summed E-state index contributed by atoms with van der Waals surface area (Å²) in [5, 5.41) is 1.14. The average Bonchev–Trinajstić information content (AvgIpc) is 3.16. The van der Waals surface area contributed by atoms with Gasteiger partial charge in [-0.1, -0.05) is 12.1 Å². The van der Waals surface area contributed by atoms with Crippen LogP contribution in [0, 0.1) is 13.8 Å². The zero-order valence-electron chi connectivity index (χ0n) is 14.3. The minimum atomic E-state index is 0.0872. The Morgan fingerprint density at radius 1 is 1.39 bits per heavy atom. The summed E-state index contributed by atoms with van der Waals surface area (Å²) >= 11 is 0. The number of carbonyl (C=O) groups is 1. The molecule has 0 radical (unpaired) electrons. The van der Waals surface area contributed by atoms with Crippen molar-refractivity contribution in [3.8, 4) is 0 Å². The van der Waals surface area contributed by atoms with Crippen LogP contribution >= 0.6 is 0 Å². The standard InChI is InChI=1S/C19H26N2O2/c1-13-14(2)20-18-16(13)9-4-10-17(18)19(22)21(3)11-5-7-15-8-6-12-23-15/h4,9-10,15,20H,5-8,11-12H2,1-3H3. The molecule has 1 aliphatic heterocycles. The molecule has 1 saturated heterocycles. The predicted octanol–water partition coefficient (Wildman–Crippen LogP) is 3.82. The monoisotopic (exact) mass is 314 g/mol. The van der Waals surface area contributed by atoms with Crippen molar-refractivity contribution in [3.05, 3.63) is 35.0 Å². The Labute approximate surface area is 137 Å². The van der Waals surface area contributed by atoms with Gasteiger partial charge in [-0.15, -0.1) is 0 Å². The molecule has 0 spiro atoms. The lowest BCUT2D eigenvalue weighted by Crippen LogP contribution is -2.28. The third-order valence-corrected chi connectivity index (χ3v) is 4.96. The number of rotatable bonds is 5. The first-order valence-electron chi connectivity index (χ1n) is 8.53. The molecule has 0 aliphatic carbocycles. The highest BCUT2D eigenvalue weighted by molar-refractivity contribution is 6.06. The van der Waals surface area contributed by atoms with E-state index in [0.717, 1.165) is 54.6 Å². The molecule has 4 heteroatoms. The van der Waals surface area contributed by atoms with Gasteiger partial charge in [0.25, 0.3) is 5.91 Å². The fourth-order valence-corrected chi connectivity index (χ4v) is 3.40. The lowest BCUT2D eigenvalue weighted by atomic mass is 10.1. The van der Waals surface area contributed by atoms with Crippen LogP contribution in [0.3, 0.4) is 0 Å². The fourth-order valence-electron chi connectivity index (χ4n) is 3.40. The van der Waals surface area contributed by atoms with E-state index in [9.17, 15) is 4.79 Å². The molecule has 2 aromatic rings. The average molecular weight is 314 g/mol. The number of aromatic amines is 1. The SMILES string of the molecule is Cc1[nH]c2c(C(=O)N(C)CCCC3CCCO3)cccc2c1C. The predicted molar refractivity (Wildman–Crippen MR) is 92.9 cm³/mol. The summed E-state index contributed by atoms with van der Waals surface area (Å²) in [7, 11) is 1.89. The molecule has 1 N–H and O–H groups in total. The maximum absolute atomic E-state index is 12.8. The third kappa shape index (κ3) is 3.27. The van der Waals surface area contributed by atoms with Gasteiger partial charge in [0.05, 0.1) is 17.2 Å². The van der Waals surface area contributed by atoms with E-state index in [-0.39, 0.29) is 5.91 Å². The number of hydrogen-bond donors (Lipinski definition) is 1. The van der Waals surface area contributed by atoms with E-state index in [0.29, 0.717) is 6.10 Å². The molecule has 124 valence electrons. The minimum Gasteiger partial charge on any atom is -0.378 e. The Morgan fingerprint density at radius 2 is 2.22 bits per heavy atom. The van der Waals surface area contributed by atoms with Crippen LogP contribution in [0.15, 0.2) is 18.2 Å². The van der Waals surface area contributed by atoms with Crippen LogP contribution in [0.2, 0.25) is 0 Å². The van der Waals surface area contributed by atoms with Gasteiger partial charge in [-0.05, 0) is 51.2 Å². The maximum atomic E-state index is 12.8. The first kappa shape index (κ1) is 16.1.